The molecular formula is C17H19N5. The predicted molar refractivity (Wildman–Crippen MR) is 87.1 cm³/mol. The van der Waals surface area contributed by atoms with Crippen LogP contribution in [0, 0.1) is 20.8 Å². The molecule has 0 saturated carbocycles. The lowest BCUT2D eigenvalue weighted by Gasteiger charge is -2.11. The second kappa shape index (κ2) is 5.97. The molecule has 0 aliphatic rings. The molecule has 3 aromatic rings. The number of hydrogen-bond donors (Lipinski definition) is 1. The average molecular weight is 293 g/mol. The largest absolute Gasteiger partial charge is 0.381 e. The summed E-state index contributed by atoms with van der Waals surface area (Å²) in [5, 5.41) is 15.1. The van der Waals surface area contributed by atoms with Crippen molar-refractivity contribution in [2.75, 3.05) is 5.32 Å². The van der Waals surface area contributed by atoms with Crippen molar-refractivity contribution in [3.63, 3.8) is 0 Å². The summed E-state index contributed by atoms with van der Waals surface area (Å²) in [5.41, 5.74) is 5.90. The number of tetrazole rings is 1. The zero-order valence-electron chi connectivity index (χ0n) is 13.0. The Kier molecular flexibility index (Phi) is 3.87. The Morgan fingerprint density at radius 3 is 2.64 bits per heavy atom. The average Bonchev–Trinajstić information content (AvgIpc) is 2.93. The van der Waals surface area contributed by atoms with Crippen molar-refractivity contribution in [1.82, 2.24) is 20.2 Å². The maximum absolute atomic E-state index is 4.00. The lowest BCUT2D eigenvalue weighted by Crippen LogP contribution is -2.04. The molecule has 5 nitrogen and oxygen atoms in total. The molecule has 2 aromatic carbocycles. The first kappa shape index (κ1) is 14.3. The number of anilines is 1. The molecule has 1 N–H and O–H groups in total. The van der Waals surface area contributed by atoms with Gasteiger partial charge in [0.1, 0.15) is 0 Å². The second-order valence-corrected chi connectivity index (χ2v) is 5.47. The monoisotopic (exact) mass is 293 g/mol. The van der Waals surface area contributed by atoms with Gasteiger partial charge in [-0.25, -0.2) is 0 Å². The molecule has 0 fully saturated rings. The Morgan fingerprint density at radius 1 is 1.05 bits per heavy atom. The van der Waals surface area contributed by atoms with E-state index in [0.717, 1.165) is 23.7 Å². The van der Waals surface area contributed by atoms with Gasteiger partial charge in [0.15, 0.2) is 5.82 Å². The van der Waals surface area contributed by atoms with Crippen LogP contribution in [0.4, 0.5) is 5.69 Å². The minimum atomic E-state index is 0.770. The third-order valence-electron chi connectivity index (χ3n) is 3.70. The van der Waals surface area contributed by atoms with Gasteiger partial charge in [-0.2, -0.15) is 4.68 Å². The molecule has 0 spiro atoms. The highest BCUT2D eigenvalue weighted by atomic mass is 15.5. The van der Waals surface area contributed by atoms with Gasteiger partial charge >= 0.3 is 0 Å². The van der Waals surface area contributed by atoms with Crippen molar-refractivity contribution in [2.45, 2.75) is 27.3 Å². The van der Waals surface area contributed by atoms with Crippen LogP contribution in [0.2, 0.25) is 0 Å². The first-order valence-corrected chi connectivity index (χ1v) is 7.29. The summed E-state index contributed by atoms with van der Waals surface area (Å²) in [5.74, 6) is 0.770. The van der Waals surface area contributed by atoms with Crippen molar-refractivity contribution in [3.05, 3.63) is 65.0 Å². The highest BCUT2D eigenvalue weighted by molar-refractivity contribution is 5.51. The van der Waals surface area contributed by atoms with Gasteiger partial charge in [-0.15, -0.1) is 5.10 Å². The molecule has 0 saturated heterocycles. The van der Waals surface area contributed by atoms with Crippen LogP contribution in [0.5, 0.6) is 0 Å². The van der Waals surface area contributed by atoms with Crippen molar-refractivity contribution in [2.24, 2.45) is 0 Å². The highest BCUT2D eigenvalue weighted by Crippen LogP contribution is 2.17. The van der Waals surface area contributed by atoms with Gasteiger partial charge in [0.2, 0.25) is 0 Å². The summed E-state index contributed by atoms with van der Waals surface area (Å²) < 4.78 is 1.72. The minimum Gasteiger partial charge on any atom is -0.381 e. The molecule has 3 rings (SSSR count). The predicted octanol–water partition coefficient (Wildman–Crippen LogP) is 3.20. The Labute approximate surface area is 130 Å². The van der Waals surface area contributed by atoms with Crippen LogP contribution in [-0.4, -0.2) is 20.2 Å². The molecule has 5 heteroatoms. The van der Waals surface area contributed by atoms with Gasteiger partial charge < -0.3 is 5.32 Å². The van der Waals surface area contributed by atoms with Crippen LogP contribution in [0.15, 0.2) is 42.5 Å². The van der Waals surface area contributed by atoms with E-state index in [0.29, 0.717) is 0 Å². The number of nitrogens with one attached hydrogen (secondary N) is 1. The highest BCUT2D eigenvalue weighted by Gasteiger charge is 2.04. The Bertz CT molecular complexity index is 791. The fraction of sp³-hybridized carbons (Fsp3) is 0.235. The Morgan fingerprint density at radius 2 is 1.91 bits per heavy atom. The van der Waals surface area contributed by atoms with Gasteiger partial charge in [0.25, 0.3) is 0 Å². The normalized spacial score (nSPS) is 10.7. The van der Waals surface area contributed by atoms with Gasteiger partial charge in [0, 0.05) is 12.2 Å². The van der Waals surface area contributed by atoms with Crippen LogP contribution >= 0.6 is 0 Å². The molecule has 0 amide bonds. The standard InChI is InChI=1S/C17H19N5/c1-12-7-8-15(13(2)9-12)11-18-16-5-4-6-17(10-16)22-14(3)19-20-21-22/h4-10,18H,11H2,1-3H3. The van der Waals surface area contributed by atoms with E-state index in [9.17, 15) is 0 Å². The van der Waals surface area contributed by atoms with Crippen molar-refractivity contribution < 1.29 is 0 Å². The smallest absolute Gasteiger partial charge is 0.153 e. The van der Waals surface area contributed by atoms with E-state index < -0.39 is 0 Å². The fourth-order valence-electron chi connectivity index (χ4n) is 2.46. The van der Waals surface area contributed by atoms with Crippen LogP contribution in [0.1, 0.15) is 22.5 Å². The molecule has 0 atom stereocenters. The maximum Gasteiger partial charge on any atom is 0.153 e. The number of nitrogens with zero attached hydrogens (tertiary/aromatic N) is 4. The number of hydrogen-bond acceptors (Lipinski definition) is 4. The Balaban J connectivity index is 1.77. The van der Waals surface area contributed by atoms with Gasteiger partial charge in [-0.05, 0) is 60.5 Å². The third-order valence-corrected chi connectivity index (χ3v) is 3.70. The Hall–Kier alpha value is -2.69. The van der Waals surface area contributed by atoms with Crippen molar-refractivity contribution in [3.8, 4) is 5.69 Å². The van der Waals surface area contributed by atoms with Gasteiger partial charge in [-0.3, -0.25) is 0 Å². The lowest BCUT2D eigenvalue weighted by molar-refractivity contribution is 0.779. The summed E-state index contributed by atoms with van der Waals surface area (Å²) >= 11 is 0. The van der Waals surface area contributed by atoms with E-state index in [1.807, 2.05) is 31.2 Å². The van der Waals surface area contributed by atoms with E-state index in [4.69, 9.17) is 0 Å². The SMILES string of the molecule is Cc1ccc(CNc2cccc(-n3nnnc3C)c2)c(C)c1. The van der Waals surface area contributed by atoms with E-state index in [1.54, 1.807) is 4.68 Å². The third kappa shape index (κ3) is 2.98. The van der Waals surface area contributed by atoms with Crippen molar-refractivity contribution >= 4 is 5.69 Å². The van der Waals surface area contributed by atoms with Crippen molar-refractivity contribution in [1.29, 1.82) is 0 Å². The van der Waals surface area contributed by atoms with E-state index in [-0.39, 0.29) is 0 Å². The minimum absolute atomic E-state index is 0.770. The lowest BCUT2D eigenvalue weighted by atomic mass is 10.1. The zero-order valence-corrected chi connectivity index (χ0v) is 13.0. The number of rotatable bonds is 4. The van der Waals surface area contributed by atoms with E-state index in [1.165, 1.54) is 16.7 Å². The van der Waals surface area contributed by atoms with E-state index >= 15 is 0 Å². The first-order valence-electron chi connectivity index (χ1n) is 7.29. The molecule has 22 heavy (non-hydrogen) atoms. The summed E-state index contributed by atoms with van der Waals surface area (Å²) in [6.45, 7) is 6.94. The first-order chi connectivity index (χ1) is 10.6. The summed E-state index contributed by atoms with van der Waals surface area (Å²) in [6, 6.07) is 14.6. The van der Waals surface area contributed by atoms with Crippen LogP contribution in [0.25, 0.3) is 5.69 Å². The summed E-state index contributed by atoms with van der Waals surface area (Å²) in [6.07, 6.45) is 0. The maximum atomic E-state index is 4.00. The molecule has 112 valence electrons. The second-order valence-electron chi connectivity index (χ2n) is 5.47. The topological polar surface area (TPSA) is 55.6 Å². The number of aromatic nitrogens is 4. The molecular weight excluding hydrogens is 274 g/mol. The quantitative estimate of drug-likeness (QED) is 0.802. The molecule has 1 aromatic heterocycles. The molecule has 1 heterocycles. The van der Waals surface area contributed by atoms with Gasteiger partial charge in [-0.1, -0.05) is 29.8 Å². The van der Waals surface area contributed by atoms with Crippen LogP contribution in [-0.2, 0) is 6.54 Å². The van der Waals surface area contributed by atoms with Crippen LogP contribution < -0.4 is 5.32 Å². The zero-order chi connectivity index (χ0) is 15.5. The molecule has 0 bridgehead atoms. The molecule has 0 unspecified atom stereocenters. The summed E-state index contributed by atoms with van der Waals surface area (Å²) in [7, 11) is 0. The van der Waals surface area contributed by atoms with Gasteiger partial charge in [0.05, 0.1) is 5.69 Å². The molecule has 0 radical (unpaired) electrons. The summed E-state index contributed by atoms with van der Waals surface area (Å²) in [4.78, 5) is 0. The van der Waals surface area contributed by atoms with Crippen LogP contribution in [0.3, 0.4) is 0 Å². The molecule has 0 aliphatic carbocycles. The van der Waals surface area contributed by atoms with E-state index in [2.05, 4.69) is 52.9 Å². The fourth-order valence-corrected chi connectivity index (χ4v) is 2.46. The number of benzene rings is 2. The number of aryl methyl sites for hydroxylation is 3. The molecule has 0 aliphatic heterocycles.